The van der Waals surface area contributed by atoms with Crippen molar-refractivity contribution in [2.24, 2.45) is 4.99 Å². The van der Waals surface area contributed by atoms with Gasteiger partial charge in [0.15, 0.2) is 5.54 Å². The minimum Gasteiger partial charge on any atom is -0.463 e. The number of esters is 3. The molecule has 0 fully saturated rings. The van der Waals surface area contributed by atoms with E-state index in [1.54, 1.807) is 0 Å². The van der Waals surface area contributed by atoms with Crippen LogP contribution in [0.2, 0.25) is 0 Å². The highest BCUT2D eigenvalue weighted by Gasteiger charge is 2.39. The van der Waals surface area contributed by atoms with Gasteiger partial charge in [0, 0.05) is 13.8 Å². The fraction of sp³-hybridized carbons (Fsp3) is 0.636. The van der Waals surface area contributed by atoms with E-state index in [0.29, 0.717) is 0 Å². The lowest BCUT2D eigenvalue weighted by atomic mass is 10.0. The molecule has 0 N–H and O–H groups in total. The first-order valence-corrected chi connectivity index (χ1v) is 5.35. The van der Waals surface area contributed by atoms with Gasteiger partial charge >= 0.3 is 17.9 Å². The molecule has 0 aliphatic carbocycles. The molecule has 7 heteroatoms. The molecule has 0 aromatic heterocycles. The van der Waals surface area contributed by atoms with E-state index in [1.165, 1.54) is 20.8 Å². The van der Waals surface area contributed by atoms with Crippen LogP contribution in [0.5, 0.6) is 0 Å². The standard InChI is InChI=1S/C11H15NO6/c1-7-10(15)18-6-11(12-7,4-16-8(2)13)5-17-9(3)14/h4-6H2,1-3H3. The molecule has 1 aliphatic rings. The summed E-state index contributed by atoms with van der Waals surface area (Å²) in [6.07, 6.45) is 0. The number of rotatable bonds is 4. The lowest BCUT2D eigenvalue weighted by Crippen LogP contribution is -2.48. The van der Waals surface area contributed by atoms with Crippen LogP contribution < -0.4 is 0 Å². The third-order valence-corrected chi connectivity index (χ3v) is 2.26. The van der Waals surface area contributed by atoms with Crippen LogP contribution in [0.4, 0.5) is 0 Å². The fourth-order valence-corrected chi connectivity index (χ4v) is 1.40. The maximum atomic E-state index is 11.2. The topological polar surface area (TPSA) is 91.3 Å². The van der Waals surface area contributed by atoms with Gasteiger partial charge < -0.3 is 14.2 Å². The Morgan fingerprint density at radius 1 is 1.28 bits per heavy atom. The molecule has 0 aromatic rings. The molecule has 18 heavy (non-hydrogen) atoms. The van der Waals surface area contributed by atoms with Crippen LogP contribution in [0.15, 0.2) is 4.99 Å². The summed E-state index contributed by atoms with van der Waals surface area (Å²) in [6, 6.07) is 0. The number of aliphatic imine (C=N–C) groups is 1. The number of hydrogen-bond acceptors (Lipinski definition) is 7. The summed E-state index contributed by atoms with van der Waals surface area (Å²) in [5.41, 5.74) is -0.893. The average Bonchev–Trinajstić information content (AvgIpc) is 2.29. The van der Waals surface area contributed by atoms with Crippen molar-refractivity contribution in [1.29, 1.82) is 0 Å². The molecular weight excluding hydrogens is 242 g/mol. The van der Waals surface area contributed by atoms with Gasteiger partial charge in [-0.15, -0.1) is 0 Å². The van der Waals surface area contributed by atoms with Crippen molar-refractivity contribution < 1.29 is 28.6 Å². The lowest BCUT2D eigenvalue weighted by molar-refractivity contribution is -0.152. The van der Waals surface area contributed by atoms with Gasteiger partial charge in [-0.3, -0.25) is 14.6 Å². The van der Waals surface area contributed by atoms with Crippen molar-refractivity contribution in [1.82, 2.24) is 0 Å². The highest BCUT2D eigenvalue weighted by Crippen LogP contribution is 2.19. The summed E-state index contributed by atoms with van der Waals surface area (Å²) in [6.45, 7) is 3.68. The first kappa shape index (κ1) is 14.1. The van der Waals surface area contributed by atoms with E-state index in [2.05, 4.69) is 4.99 Å². The predicted octanol–water partition coefficient (Wildman–Crippen LogP) is -0.131. The van der Waals surface area contributed by atoms with E-state index < -0.39 is 23.4 Å². The van der Waals surface area contributed by atoms with Crippen molar-refractivity contribution in [2.45, 2.75) is 26.3 Å². The molecule has 0 amide bonds. The molecular formula is C11H15NO6. The molecule has 0 aromatic carbocycles. The minimum atomic E-state index is -1.05. The van der Waals surface area contributed by atoms with Crippen LogP contribution in [0.25, 0.3) is 0 Å². The highest BCUT2D eigenvalue weighted by molar-refractivity contribution is 6.35. The molecule has 1 aliphatic heterocycles. The van der Waals surface area contributed by atoms with E-state index in [9.17, 15) is 14.4 Å². The summed E-state index contributed by atoms with van der Waals surface area (Å²) in [7, 11) is 0. The Bertz CT molecular complexity index is 382. The zero-order chi connectivity index (χ0) is 13.8. The van der Waals surface area contributed by atoms with Gasteiger partial charge in [-0.2, -0.15) is 0 Å². The van der Waals surface area contributed by atoms with Gasteiger partial charge in [0.2, 0.25) is 0 Å². The molecule has 0 saturated carbocycles. The van der Waals surface area contributed by atoms with Gasteiger partial charge in [0.1, 0.15) is 25.5 Å². The molecule has 0 spiro atoms. The van der Waals surface area contributed by atoms with Crippen LogP contribution in [-0.2, 0) is 28.6 Å². The molecule has 7 nitrogen and oxygen atoms in total. The molecule has 0 saturated heterocycles. The molecule has 0 unspecified atom stereocenters. The molecule has 0 radical (unpaired) electrons. The monoisotopic (exact) mass is 257 g/mol. The Balaban J connectivity index is 2.83. The van der Waals surface area contributed by atoms with Gasteiger partial charge in [-0.1, -0.05) is 0 Å². The normalized spacial score (nSPS) is 17.5. The predicted molar refractivity (Wildman–Crippen MR) is 60.1 cm³/mol. The zero-order valence-electron chi connectivity index (χ0n) is 10.5. The smallest absolute Gasteiger partial charge is 0.352 e. The largest absolute Gasteiger partial charge is 0.463 e. The number of cyclic esters (lactones) is 1. The SMILES string of the molecule is CC(=O)OCC1(COC(C)=O)COC(=O)C(C)=N1. The Kier molecular flexibility index (Phi) is 4.41. The van der Waals surface area contributed by atoms with Crippen LogP contribution in [-0.4, -0.2) is 49.0 Å². The summed E-state index contributed by atoms with van der Waals surface area (Å²) in [4.78, 5) is 37.0. The number of nitrogens with zero attached hydrogens (tertiary/aromatic N) is 1. The second-order valence-corrected chi connectivity index (χ2v) is 4.06. The van der Waals surface area contributed by atoms with E-state index in [0.717, 1.165) is 0 Å². The number of ether oxygens (including phenoxy) is 3. The maximum absolute atomic E-state index is 11.2. The summed E-state index contributed by atoms with van der Waals surface area (Å²) >= 11 is 0. The van der Waals surface area contributed by atoms with Crippen LogP contribution in [0.3, 0.4) is 0 Å². The fourth-order valence-electron chi connectivity index (χ4n) is 1.40. The second kappa shape index (κ2) is 5.61. The average molecular weight is 257 g/mol. The van der Waals surface area contributed by atoms with E-state index in [4.69, 9.17) is 14.2 Å². The van der Waals surface area contributed by atoms with Crippen molar-refractivity contribution in [3.8, 4) is 0 Å². The quantitative estimate of drug-likeness (QED) is 0.514. The number of carbonyl (C=O) groups excluding carboxylic acids is 3. The number of hydrogen-bond donors (Lipinski definition) is 0. The Morgan fingerprint density at radius 2 is 1.78 bits per heavy atom. The molecule has 1 heterocycles. The third-order valence-electron chi connectivity index (χ3n) is 2.26. The van der Waals surface area contributed by atoms with Crippen molar-refractivity contribution >= 4 is 23.6 Å². The summed E-state index contributed by atoms with van der Waals surface area (Å²) in [5.74, 6) is -1.50. The highest BCUT2D eigenvalue weighted by atomic mass is 16.6. The lowest BCUT2D eigenvalue weighted by Gasteiger charge is -2.31. The van der Waals surface area contributed by atoms with Crippen molar-refractivity contribution in [2.75, 3.05) is 19.8 Å². The van der Waals surface area contributed by atoms with Gasteiger partial charge in [0.25, 0.3) is 0 Å². The second-order valence-electron chi connectivity index (χ2n) is 4.06. The Labute approximate surface area is 104 Å². The van der Waals surface area contributed by atoms with Gasteiger partial charge in [0.05, 0.1) is 0 Å². The minimum absolute atomic E-state index is 0.0935. The van der Waals surface area contributed by atoms with Gasteiger partial charge in [-0.05, 0) is 6.92 Å². The van der Waals surface area contributed by atoms with Crippen molar-refractivity contribution in [3.05, 3.63) is 0 Å². The first-order chi connectivity index (χ1) is 8.34. The maximum Gasteiger partial charge on any atom is 0.352 e. The van der Waals surface area contributed by atoms with Crippen LogP contribution in [0.1, 0.15) is 20.8 Å². The van der Waals surface area contributed by atoms with E-state index in [1.807, 2.05) is 0 Å². The third kappa shape index (κ3) is 3.83. The van der Waals surface area contributed by atoms with Crippen molar-refractivity contribution in [3.63, 3.8) is 0 Å². The van der Waals surface area contributed by atoms with Gasteiger partial charge in [-0.25, -0.2) is 4.79 Å². The Hall–Kier alpha value is -1.92. The van der Waals surface area contributed by atoms with Crippen LogP contribution >= 0.6 is 0 Å². The molecule has 0 bridgehead atoms. The molecule has 100 valence electrons. The Morgan fingerprint density at radius 3 is 2.17 bits per heavy atom. The molecule has 1 rings (SSSR count). The van der Waals surface area contributed by atoms with Crippen LogP contribution in [0, 0.1) is 0 Å². The molecule has 0 atom stereocenters. The summed E-state index contributed by atoms with van der Waals surface area (Å²) in [5, 5.41) is 0. The van der Waals surface area contributed by atoms with E-state index >= 15 is 0 Å². The zero-order valence-corrected chi connectivity index (χ0v) is 10.5. The summed E-state index contributed by atoms with van der Waals surface area (Å²) < 4.78 is 14.7. The number of carbonyl (C=O) groups is 3. The van der Waals surface area contributed by atoms with E-state index in [-0.39, 0.29) is 25.5 Å². The first-order valence-electron chi connectivity index (χ1n) is 5.35.